The molecule has 3 unspecified atom stereocenters. The standard InChI is InChI=1S/C49H83N5O8SSi/c1-13-17-46(57)61-31-54(36(8)41(33(5)14-2)27-34(6)43-18-15-16-24-53(43)10)44(32(3)4)29-45(62-37(9)55)49-52-42(30-63-49)48(59)51-39(28-38-19-21-40(56)22-20-38)26-35(7)47(58)50-23-25-64(11,12)60/h19-22,30,32-36,39,41,43-45,56,60H,13-18,23-29,31H2,1-12H3,(H,50,58)(H,51,59)/t33?,34?,35-,36?,39+,41-,43+,44+,45+/m0/s1. The van der Waals surface area contributed by atoms with Crippen LogP contribution in [0, 0.1) is 29.6 Å². The summed E-state index contributed by atoms with van der Waals surface area (Å²) < 4.78 is 12.1. The third kappa shape index (κ3) is 18.1. The van der Waals surface area contributed by atoms with Crippen LogP contribution in [-0.4, -0.2) is 108 Å². The van der Waals surface area contributed by atoms with Crippen molar-refractivity contribution in [3.63, 3.8) is 0 Å². The van der Waals surface area contributed by atoms with E-state index in [1.807, 2.05) is 26.9 Å². The maximum Gasteiger partial charge on any atom is 0.307 e. The van der Waals surface area contributed by atoms with E-state index in [1.165, 1.54) is 37.5 Å². The minimum atomic E-state index is -2.33. The number of rotatable bonds is 27. The minimum absolute atomic E-state index is 0.0297. The molecule has 1 saturated heterocycles. The van der Waals surface area contributed by atoms with Gasteiger partial charge < -0.3 is 34.9 Å². The Balaban J connectivity index is 1.93. The Bertz CT molecular complexity index is 1740. The van der Waals surface area contributed by atoms with Crippen LogP contribution in [0.5, 0.6) is 5.75 Å². The van der Waals surface area contributed by atoms with E-state index in [1.54, 1.807) is 29.6 Å². The molecule has 1 aromatic carbocycles. The van der Waals surface area contributed by atoms with Crippen molar-refractivity contribution >= 4 is 43.4 Å². The molecule has 4 N–H and O–H groups in total. The minimum Gasteiger partial charge on any atom is -0.508 e. The highest BCUT2D eigenvalue weighted by molar-refractivity contribution is 7.09. The summed E-state index contributed by atoms with van der Waals surface area (Å²) in [5.74, 6) is -0.314. The van der Waals surface area contributed by atoms with E-state index in [0.717, 1.165) is 24.9 Å². The zero-order valence-electron chi connectivity index (χ0n) is 41.2. The van der Waals surface area contributed by atoms with E-state index < -0.39 is 38.3 Å². The topological polar surface area (TPSA) is 171 Å². The van der Waals surface area contributed by atoms with Crippen molar-refractivity contribution in [3.05, 3.63) is 45.9 Å². The molecule has 13 nitrogen and oxygen atoms in total. The molecule has 3 rings (SSSR count). The normalized spacial score (nSPS) is 18.6. The fourth-order valence-corrected chi connectivity index (χ4v) is 10.9. The van der Waals surface area contributed by atoms with E-state index in [0.29, 0.717) is 73.5 Å². The summed E-state index contributed by atoms with van der Waals surface area (Å²) in [4.78, 5) is 72.8. The number of nitrogens with zero attached hydrogens (tertiary/aromatic N) is 3. The number of aromatic hydroxyl groups is 1. The summed E-state index contributed by atoms with van der Waals surface area (Å²) in [5, 5.41) is 18.1. The molecule has 0 saturated carbocycles. The van der Waals surface area contributed by atoms with Gasteiger partial charge in [-0.2, -0.15) is 0 Å². The van der Waals surface area contributed by atoms with Crippen molar-refractivity contribution < 1.29 is 38.6 Å². The number of esters is 2. The molecule has 0 bridgehead atoms. The number of amides is 2. The Kier molecular flexibility index (Phi) is 22.9. The van der Waals surface area contributed by atoms with Crippen molar-refractivity contribution in [1.82, 2.24) is 25.4 Å². The van der Waals surface area contributed by atoms with Crippen LogP contribution in [0.1, 0.15) is 147 Å². The second kappa shape index (κ2) is 26.7. The zero-order valence-corrected chi connectivity index (χ0v) is 43.0. The van der Waals surface area contributed by atoms with Gasteiger partial charge in [0.1, 0.15) is 23.2 Å². The summed E-state index contributed by atoms with van der Waals surface area (Å²) in [5.41, 5.74) is 1.06. The van der Waals surface area contributed by atoms with Crippen LogP contribution in [0.25, 0.3) is 0 Å². The van der Waals surface area contributed by atoms with Gasteiger partial charge in [-0.3, -0.25) is 24.1 Å². The van der Waals surface area contributed by atoms with E-state index in [4.69, 9.17) is 14.5 Å². The number of piperidine rings is 1. The Labute approximate surface area is 390 Å². The molecular weight excluding hydrogens is 847 g/mol. The molecule has 15 heteroatoms. The monoisotopic (exact) mass is 930 g/mol. The quantitative estimate of drug-likeness (QED) is 0.0384. The molecule has 0 radical (unpaired) electrons. The van der Waals surface area contributed by atoms with Gasteiger partial charge in [0.2, 0.25) is 5.91 Å². The molecule has 1 aliphatic rings. The predicted octanol–water partition coefficient (Wildman–Crippen LogP) is 8.71. The molecule has 1 aliphatic heterocycles. The van der Waals surface area contributed by atoms with E-state index >= 15 is 0 Å². The lowest BCUT2D eigenvalue weighted by Gasteiger charge is -2.45. The second-order valence-corrected chi connectivity index (χ2v) is 24.7. The molecule has 9 atom stereocenters. The Morgan fingerprint density at radius 1 is 1.02 bits per heavy atom. The number of carbonyl (C=O) groups excluding carboxylic acids is 4. The molecule has 362 valence electrons. The SMILES string of the molecule is CCCC(=O)OCN(C(C)[C@@H](CC(C)[C@H]1CCCCN1C)C(C)CC)[C@H](C[C@@H](OC(C)=O)c1nc(C(=O)N[C@@H](Cc2ccc(O)cc2)C[C@H](C)C(=O)NCC[Si](C)(C)O)cs1)C(C)C. The van der Waals surface area contributed by atoms with Crippen LogP contribution >= 0.6 is 11.3 Å². The maximum atomic E-state index is 14.0. The lowest BCUT2D eigenvalue weighted by atomic mass is 9.76. The highest BCUT2D eigenvalue weighted by Crippen LogP contribution is 2.37. The first-order valence-electron chi connectivity index (χ1n) is 24.0. The molecule has 64 heavy (non-hydrogen) atoms. The van der Waals surface area contributed by atoms with Gasteiger partial charge in [-0.15, -0.1) is 11.3 Å². The highest BCUT2D eigenvalue weighted by atomic mass is 32.1. The molecule has 2 aromatic rings. The number of hydrogen-bond acceptors (Lipinski definition) is 12. The molecule has 0 spiro atoms. The van der Waals surface area contributed by atoms with Gasteiger partial charge >= 0.3 is 11.9 Å². The van der Waals surface area contributed by atoms with Crippen LogP contribution in [0.4, 0.5) is 0 Å². The number of phenolic OH excluding ortho intramolecular Hbond substituents is 1. The molecule has 2 heterocycles. The van der Waals surface area contributed by atoms with Crippen molar-refractivity contribution in [2.75, 3.05) is 26.9 Å². The zero-order chi connectivity index (χ0) is 47.7. The van der Waals surface area contributed by atoms with Gasteiger partial charge in [0.15, 0.2) is 14.4 Å². The predicted molar refractivity (Wildman–Crippen MR) is 258 cm³/mol. The highest BCUT2D eigenvalue weighted by Gasteiger charge is 2.39. The number of benzene rings is 1. The largest absolute Gasteiger partial charge is 0.508 e. The number of phenols is 1. The Morgan fingerprint density at radius 3 is 2.30 bits per heavy atom. The summed E-state index contributed by atoms with van der Waals surface area (Å²) in [6.07, 6.45) is 7.13. The van der Waals surface area contributed by atoms with Crippen LogP contribution in [0.2, 0.25) is 19.1 Å². The van der Waals surface area contributed by atoms with Crippen molar-refractivity contribution in [3.8, 4) is 5.75 Å². The van der Waals surface area contributed by atoms with Crippen LogP contribution in [0.15, 0.2) is 29.6 Å². The van der Waals surface area contributed by atoms with Crippen molar-refractivity contribution in [2.24, 2.45) is 29.6 Å². The van der Waals surface area contributed by atoms with Gasteiger partial charge in [0, 0.05) is 61.8 Å². The van der Waals surface area contributed by atoms with Gasteiger partial charge in [-0.05, 0) is 120 Å². The average molecular weight is 930 g/mol. The average Bonchev–Trinajstić information content (AvgIpc) is 3.73. The fourth-order valence-electron chi connectivity index (χ4n) is 9.32. The number of ether oxygens (including phenoxy) is 2. The third-order valence-electron chi connectivity index (χ3n) is 13.3. The first-order chi connectivity index (χ1) is 30.1. The summed E-state index contributed by atoms with van der Waals surface area (Å²) in [7, 11) is -0.0782. The van der Waals surface area contributed by atoms with Crippen LogP contribution < -0.4 is 10.6 Å². The molecular formula is C49H83N5O8SSi. The number of hydrogen-bond donors (Lipinski definition) is 4. The van der Waals surface area contributed by atoms with Gasteiger partial charge in [-0.25, -0.2) is 4.98 Å². The van der Waals surface area contributed by atoms with Gasteiger partial charge in [0.05, 0.1) is 0 Å². The number of thiazole rings is 1. The summed E-state index contributed by atoms with van der Waals surface area (Å²) in [6, 6.07) is 7.23. The van der Waals surface area contributed by atoms with Crippen LogP contribution in [-0.2, 0) is 30.3 Å². The second-order valence-electron chi connectivity index (χ2n) is 19.7. The number of aromatic nitrogens is 1. The Morgan fingerprint density at radius 2 is 1.70 bits per heavy atom. The number of nitrogens with one attached hydrogen (secondary N) is 2. The molecule has 2 amide bonds. The number of carbonyl (C=O) groups is 4. The third-order valence-corrected chi connectivity index (χ3v) is 15.7. The first-order valence-corrected chi connectivity index (χ1v) is 28.0. The molecule has 1 aromatic heterocycles. The smallest absolute Gasteiger partial charge is 0.307 e. The molecule has 1 fully saturated rings. The van der Waals surface area contributed by atoms with Gasteiger partial charge in [0.25, 0.3) is 5.91 Å². The Hall–Kier alpha value is -3.37. The molecule has 0 aliphatic carbocycles. The van der Waals surface area contributed by atoms with E-state index in [2.05, 4.69) is 69.0 Å². The lowest BCUT2D eigenvalue weighted by Crippen LogP contribution is -2.51. The van der Waals surface area contributed by atoms with E-state index in [9.17, 15) is 29.1 Å². The van der Waals surface area contributed by atoms with Crippen LogP contribution in [0.3, 0.4) is 0 Å². The lowest BCUT2D eigenvalue weighted by molar-refractivity contribution is -0.155. The first kappa shape index (κ1) is 55.0. The van der Waals surface area contributed by atoms with E-state index in [-0.39, 0.29) is 48.1 Å². The van der Waals surface area contributed by atoms with Crippen molar-refractivity contribution in [2.45, 2.75) is 176 Å². The van der Waals surface area contributed by atoms with Gasteiger partial charge in [-0.1, -0.05) is 73.4 Å². The summed E-state index contributed by atoms with van der Waals surface area (Å²) in [6.45, 7) is 24.0. The van der Waals surface area contributed by atoms with Crippen molar-refractivity contribution in [1.29, 1.82) is 0 Å². The summed E-state index contributed by atoms with van der Waals surface area (Å²) >= 11 is 1.26. The number of likely N-dealkylation sites (tertiary alicyclic amines) is 1. The fraction of sp³-hybridized carbons (Fsp3) is 0.735. The maximum absolute atomic E-state index is 14.0.